The highest BCUT2D eigenvalue weighted by atomic mass is 32.2. The number of hydrogen-bond donors (Lipinski definition) is 2. The maximum atomic E-state index is 12.2. The number of aromatic amines is 1. The molecule has 122 valence electrons. The molecule has 0 aliphatic heterocycles. The summed E-state index contributed by atoms with van der Waals surface area (Å²) in [6.45, 7) is 2.00. The Morgan fingerprint density at radius 2 is 1.88 bits per heavy atom. The molecule has 0 saturated carbocycles. The predicted molar refractivity (Wildman–Crippen MR) is 97.0 cm³/mol. The maximum absolute atomic E-state index is 12.2. The first-order valence-corrected chi connectivity index (χ1v) is 8.73. The predicted octanol–water partition coefficient (Wildman–Crippen LogP) is 3.76. The van der Waals surface area contributed by atoms with Crippen molar-refractivity contribution in [1.29, 1.82) is 0 Å². The van der Waals surface area contributed by atoms with E-state index >= 15 is 0 Å². The van der Waals surface area contributed by atoms with Crippen LogP contribution >= 0.6 is 11.8 Å². The lowest BCUT2D eigenvalue weighted by molar-refractivity contribution is -0.113. The fourth-order valence-electron chi connectivity index (χ4n) is 2.28. The van der Waals surface area contributed by atoms with Crippen molar-refractivity contribution in [1.82, 2.24) is 15.2 Å². The molecule has 2 N–H and O–H groups in total. The smallest absolute Gasteiger partial charge is 0.234 e. The third-order valence-corrected chi connectivity index (χ3v) is 4.31. The third kappa shape index (κ3) is 4.02. The van der Waals surface area contributed by atoms with Crippen molar-refractivity contribution in [3.63, 3.8) is 0 Å². The van der Waals surface area contributed by atoms with Gasteiger partial charge in [0.15, 0.2) is 0 Å². The number of anilines is 1. The Bertz CT molecular complexity index is 817. The molecule has 2 aromatic carbocycles. The van der Waals surface area contributed by atoms with Crippen LogP contribution in [0.4, 0.5) is 5.69 Å². The van der Waals surface area contributed by atoms with Gasteiger partial charge >= 0.3 is 0 Å². The molecule has 0 unspecified atom stereocenters. The molecule has 0 radical (unpaired) electrons. The molecule has 3 rings (SSSR count). The Kier molecular flexibility index (Phi) is 5.28. The van der Waals surface area contributed by atoms with Gasteiger partial charge in [-0.05, 0) is 11.6 Å². The van der Waals surface area contributed by atoms with Crippen LogP contribution in [0.2, 0.25) is 0 Å². The number of nitrogens with one attached hydrogen (secondary N) is 2. The van der Waals surface area contributed by atoms with Gasteiger partial charge in [-0.3, -0.25) is 9.89 Å². The number of carbonyl (C=O) groups is 1. The molecule has 0 aliphatic rings. The highest BCUT2D eigenvalue weighted by Crippen LogP contribution is 2.27. The molecule has 0 saturated heterocycles. The van der Waals surface area contributed by atoms with E-state index in [4.69, 9.17) is 0 Å². The lowest BCUT2D eigenvalue weighted by Crippen LogP contribution is -2.14. The summed E-state index contributed by atoms with van der Waals surface area (Å²) in [5, 5.41) is 10.5. The van der Waals surface area contributed by atoms with Gasteiger partial charge in [-0.25, -0.2) is 4.98 Å². The van der Waals surface area contributed by atoms with Gasteiger partial charge in [-0.15, -0.1) is 5.10 Å². The molecule has 1 amide bonds. The molecule has 0 atom stereocenters. The number of para-hydroxylation sites is 1. The summed E-state index contributed by atoms with van der Waals surface area (Å²) in [6.07, 6.45) is 0.796. The number of aromatic nitrogens is 3. The van der Waals surface area contributed by atoms with Gasteiger partial charge < -0.3 is 5.32 Å². The fraction of sp³-hybridized carbons (Fsp3) is 0.167. The average molecular weight is 338 g/mol. The largest absolute Gasteiger partial charge is 0.325 e. The normalized spacial score (nSPS) is 10.5. The van der Waals surface area contributed by atoms with Gasteiger partial charge in [0.05, 0.1) is 5.75 Å². The second-order valence-corrected chi connectivity index (χ2v) is 6.11. The zero-order chi connectivity index (χ0) is 16.8. The molecule has 0 aliphatic carbocycles. The number of benzene rings is 2. The SMILES string of the molecule is CCc1nc(SCC(=O)Nc2ccccc2-c2ccccc2)n[nH]1. The van der Waals surface area contributed by atoms with E-state index in [-0.39, 0.29) is 11.7 Å². The monoisotopic (exact) mass is 338 g/mol. The quantitative estimate of drug-likeness (QED) is 0.671. The second-order valence-electron chi connectivity index (χ2n) is 5.17. The van der Waals surface area contributed by atoms with Crippen LogP contribution in [0.15, 0.2) is 59.8 Å². The number of thioether (sulfide) groups is 1. The standard InChI is InChI=1S/C18H18N4OS/c1-2-16-20-18(22-21-16)24-12-17(23)19-15-11-7-6-10-14(15)13-8-4-3-5-9-13/h3-11H,2,12H2,1H3,(H,19,23)(H,20,21,22). The Balaban J connectivity index is 1.66. The highest BCUT2D eigenvalue weighted by molar-refractivity contribution is 7.99. The van der Waals surface area contributed by atoms with Gasteiger partial charge in [0.1, 0.15) is 5.82 Å². The van der Waals surface area contributed by atoms with Gasteiger partial charge in [0.2, 0.25) is 11.1 Å². The lowest BCUT2D eigenvalue weighted by Gasteiger charge is -2.10. The van der Waals surface area contributed by atoms with E-state index in [9.17, 15) is 4.79 Å². The molecular weight excluding hydrogens is 320 g/mol. The average Bonchev–Trinajstić information content (AvgIpc) is 3.09. The first kappa shape index (κ1) is 16.3. The minimum Gasteiger partial charge on any atom is -0.325 e. The Morgan fingerprint density at radius 1 is 1.12 bits per heavy atom. The van der Waals surface area contributed by atoms with E-state index < -0.39 is 0 Å². The van der Waals surface area contributed by atoms with Crippen LogP contribution in [0, 0.1) is 0 Å². The number of carbonyl (C=O) groups excluding carboxylic acids is 1. The van der Waals surface area contributed by atoms with Gasteiger partial charge in [-0.1, -0.05) is 67.2 Å². The first-order valence-electron chi connectivity index (χ1n) is 7.74. The first-order chi connectivity index (χ1) is 11.8. The molecular formula is C18H18N4OS. The molecule has 5 nitrogen and oxygen atoms in total. The molecule has 3 aromatic rings. The van der Waals surface area contributed by atoms with Gasteiger partial charge in [0.25, 0.3) is 0 Å². The molecule has 6 heteroatoms. The summed E-state index contributed by atoms with van der Waals surface area (Å²) in [5.74, 6) is 1.02. The van der Waals surface area contributed by atoms with Gasteiger partial charge in [-0.2, -0.15) is 0 Å². The second kappa shape index (κ2) is 7.79. The summed E-state index contributed by atoms with van der Waals surface area (Å²) >= 11 is 1.32. The van der Waals surface area contributed by atoms with E-state index in [1.807, 2.05) is 61.5 Å². The summed E-state index contributed by atoms with van der Waals surface area (Å²) in [6, 6.07) is 17.8. The Labute approximate surface area is 144 Å². The number of amides is 1. The van der Waals surface area contributed by atoms with Crippen molar-refractivity contribution < 1.29 is 4.79 Å². The maximum Gasteiger partial charge on any atom is 0.234 e. The zero-order valence-corrected chi connectivity index (χ0v) is 14.1. The topological polar surface area (TPSA) is 70.7 Å². The van der Waals surface area contributed by atoms with E-state index in [1.165, 1.54) is 11.8 Å². The zero-order valence-electron chi connectivity index (χ0n) is 13.3. The number of rotatable bonds is 6. The van der Waals surface area contributed by atoms with Crippen LogP contribution in [0.5, 0.6) is 0 Å². The van der Waals surface area contributed by atoms with Crippen molar-refractivity contribution in [3.05, 3.63) is 60.4 Å². The minimum atomic E-state index is -0.0776. The summed E-state index contributed by atoms with van der Waals surface area (Å²) in [5.41, 5.74) is 2.88. The molecule has 1 heterocycles. The molecule has 1 aromatic heterocycles. The summed E-state index contributed by atoms with van der Waals surface area (Å²) in [4.78, 5) is 16.5. The lowest BCUT2D eigenvalue weighted by atomic mass is 10.0. The van der Waals surface area contributed by atoms with Crippen molar-refractivity contribution in [2.75, 3.05) is 11.1 Å². The number of hydrogen-bond acceptors (Lipinski definition) is 4. The van der Waals surface area contributed by atoms with Crippen LogP contribution in [0.25, 0.3) is 11.1 Å². The van der Waals surface area contributed by atoms with Gasteiger partial charge in [0, 0.05) is 17.7 Å². The van der Waals surface area contributed by atoms with Crippen LogP contribution < -0.4 is 5.32 Å². The number of H-pyrrole nitrogens is 1. The van der Waals surface area contributed by atoms with Crippen molar-refractivity contribution in [2.45, 2.75) is 18.5 Å². The van der Waals surface area contributed by atoms with E-state index in [1.54, 1.807) is 0 Å². The fourth-order valence-corrected chi connectivity index (χ4v) is 2.90. The molecule has 0 fully saturated rings. The van der Waals surface area contributed by atoms with Crippen LogP contribution in [0.1, 0.15) is 12.7 Å². The van der Waals surface area contributed by atoms with Crippen LogP contribution in [0.3, 0.4) is 0 Å². The Morgan fingerprint density at radius 3 is 2.62 bits per heavy atom. The number of aryl methyl sites for hydroxylation is 1. The van der Waals surface area contributed by atoms with Crippen molar-refractivity contribution >= 4 is 23.4 Å². The summed E-state index contributed by atoms with van der Waals surface area (Å²) < 4.78 is 0. The van der Waals surface area contributed by atoms with Crippen molar-refractivity contribution in [2.24, 2.45) is 0 Å². The number of nitrogens with zero attached hydrogens (tertiary/aromatic N) is 2. The van der Waals surface area contributed by atoms with Crippen LogP contribution in [-0.2, 0) is 11.2 Å². The molecule has 0 spiro atoms. The summed E-state index contributed by atoms with van der Waals surface area (Å²) in [7, 11) is 0. The van der Waals surface area contributed by atoms with E-state index in [0.717, 1.165) is 29.1 Å². The molecule has 0 bridgehead atoms. The Hall–Kier alpha value is -2.60. The third-order valence-electron chi connectivity index (χ3n) is 3.46. The van der Waals surface area contributed by atoms with E-state index in [0.29, 0.717) is 5.16 Å². The van der Waals surface area contributed by atoms with Crippen LogP contribution in [-0.4, -0.2) is 26.8 Å². The van der Waals surface area contributed by atoms with Crippen molar-refractivity contribution in [3.8, 4) is 11.1 Å². The molecule has 24 heavy (non-hydrogen) atoms. The minimum absolute atomic E-state index is 0.0776. The highest BCUT2D eigenvalue weighted by Gasteiger charge is 2.10. The van der Waals surface area contributed by atoms with E-state index in [2.05, 4.69) is 20.5 Å².